The van der Waals surface area contributed by atoms with Crippen LogP contribution in [0.5, 0.6) is 23.0 Å². The van der Waals surface area contributed by atoms with Crippen LogP contribution in [0.4, 0.5) is 0 Å². The smallest absolute Gasteiger partial charge is 0.132 e. The van der Waals surface area contributed by atoms with Gasteiger partial charge in [-0.05, 0) is 154 Å². The molecule has 4 nitrogen and oxygen atoms in total. The highest BCUT2D eigenvalue weighted by Crippen LogP contribution is 2.55. The van der Waals surface area contributed by atoms with Gasteiger partial charge in [0.1, 0.15) is 23.0 Å². The molecule has 16 aromatic carbocycles. The standard InChI is InChI=1S/C74H46O4/c75-71-53(37-51-29-27-45-25-23-41-15-9-17-43-31-33-59(51)65(45)63(41)43)35-47-11-1-5-19-55(47)67(71)69-57-21-7-3-13-49(57)39-61(73(69)77)62-40-50-14-4-8-22-58(50)70(74(62)78)68-56-20-6-2-12-48(56)36-54(72(68)76)38-52-30-28-46-26-24-42-16-10-18-44-32-34-60(52)66(46)64(42)44/h1-36,39-40,75-78H,37-38H2. The van der Waals surface area contributed by atoms with E-state index in [1.165, 1.54) is 53.9 Å². The van der Waals surface area contributed by atoms with E-state index in [9.17, 15) is 20.4 Å². The second-order valence-electron chi connectivity index (χ2n) is 21.2. The van der Waals surface area contributed by atoms with Gasteiger partial charge < -0.3 is 20.4 Å². The molecule has 0 saturated heterocycles. The lowest BCUT2D eigenvalue weighted by molar-refractivity contribution is 0.464. The van der Waals surface area contributed by atoms with Crippen molar-refractivity contribution in [1.82, 2.24) is 0 Å². The molecule has 16 aromatic rings. The van der Waals surface area contributed by atoms with Crippen molar-refractivity contribution in [3.63, 3.8) is 0 Å². The summed E-state index contributed by atoms with van der Waals surface area (Å²) in [4.78, 5) is 0. The van der Waals surface area contributed by atoms with E-state index < -0.39 is 0 Å². The summed E-state index contributed by atoms with van der Waals surface area (Å²) in [5.41, 5.74) is 6.37. The van der Waals surface area contributed by atoms with Crippen LogP contribution >= 0.6 is 0 Å². The number of rotatable bonds is 7. The third-order valence-electron chi connectivity index (χ3n) is 17.0. The van der Waals surface area contributed by atoms with Gasteiger partial charge in [0.2, 0.25) is 0 Å². The summed E-state index contributed by atoms with van der Waals surface area (Å²) in [6.45, 7) is 0. The van der Waals surface area contributed by atoms with Gasteiger partial charge in [0.05, 0.1) is 0 Å². The summed E-state index contributed by atoms with van der Waals surface area (Å²) in [6.07, 6.45) is 0.885. The average Bonchev–Trinajstić information content (AvgIpc) is 3.65. The van der Waals surface area contributed by atoms with Crippen LogP contribution in [-0.4, -0.2) is 20.4 Å². The molecule has 0 bridgehead atoms. The van der Waals surface area contributed by atoms with Crippen molar-refractivity contribution in [2.24, 2.45) is 0 Å². The van der Waals surface area contributed by atoms with Gasteiger partial charge in [-0.3, -0.25) is 0 Å². The lowest BCUT2D eigenvalue weighted by Crippen LogP contribution is -1.97. The molecule has 16 rings (SSSR count). The quantitative estimate of drug-likeness (QED) is 0.120. The van der Waals surface area contributed by atoms with Gasteiger partial charge in [-0.15, -0.1) is 0 Å². The molecular weight excluding hydrogens is 953 g/mol. The molecule has 0 aliphatic rings. The first-order valence-corrected chi connectivity index (χ1v) is 26.6. The van der Waals surface area contributed by atoms with Crippen LogP contribution in [0.2, 0.25) is 0 Å². The number of benzene rings is 16. The van der Waals surface area contributed by atoms with E-state index >= 15 is 0 Å². The van der Waals surface area contributed by atoms with E-state index in [-0.39, 0.29) is 23.0 Å². The van der Waals surface area contributed by atoms with Crippen LogP contribution in [0.3, 0.4) is 0 Å². The highest BCUT2D eigenvalue weighted by molar-refractivity contribution is 6.25. The Bertz CT molecular complexity index is 4850. The molecule has 4 N–H and O–H groups in total. The van der Waals surface area contributed by atoms with E-state index in [0.717, 1.165) is 76.1 Å². The van der Waals surface area contributed by atoms with Gasteiger partial charge >= 0.3 is 0 Å². The van der Waals surface area contributed by atoms with E-state index in [2.05, 4.69) is 133 Å². The number of phenols is 4. The summed E-state index contributed by atoms with van der Waals surface area (Å²) >= 11 is 0. The highest BCUT2D eigenvalue weighted by Gasteiger charge is 2.28. The lowest BCUT2D eigenvalue weighted by atomic mass is 9.83. The fourth-order valence-corrected chi connectivity index (χ4v) is 13.5. The second-order valence-corrected chi connectivity index (χ2v) is 21.2. The molecule has 0 heterocycles. The maximum absolute atomic E-state index is 13.3. The van der Waals surface area contributed by atoms with Crippen LogP contribution in [0, 0.1) is 0 Å². The zero-order valence-electron chi connectivity index (χ0n) is 42.1. The van der Waals surface area contributed by atoms with Gasteiger partial charge in [0.25, 0.3) is 0 Å². The SMILES string of the molecule is Oc1c(Cc2ccc3ccc4cccc5ccc2c3c45)cc2ccccc2c1-c1c(O)c(-c2cc3ccccc3c(-c3c(O)c(Cc4ccc5ccc6cccc7ccc4c5c67)cc4ccccc34)c2O)cc2ccccc12. The van der Waals surface area contributed by atoms with Gasteiger partial charge in [-0.2, -0.15) is 0 Å². The zero-order chi connectivity index (χ0) is 51.9. The molecule has 4 heteroatoms. The van der Waals surface area contributed by atoms with Gasteiger partial charge in [-0.25, -0.2) is 0 Å². The third-order valence-corrected chi connectivity index (χ3v) is 17.0. The van der Waals surface area contributed by atoms with Crippen LogP contribution in [0.15, 0.2) is 231 Å². The summed E-state index contributed by atoms with van der Waals surface area (Å²) < 4.78 is 0. The predicted molar refractivity (Wildman–Crippen MR) is 325 cm³/mol. The molecule has 0 radical (unpaired) electrons. The number of fused-ring (bicyclic) bond motifs is 4. The van der Waals surface area contributed by atoms with Crippen molar-refractivity contribution < 1.29 is 20.4 Å². The monoisotopic (exact) mass is 998 g/mol. The largest absolute Gasteiger partial charge is 0.507 e. The number of hydrogen-bond acceptors (Lipinski definition) is 4. The van der Waals surface area contributed by atoms with E-state index in [4.69, 9.17) is 0 Å². The maximum Gasteiger partial charge on any atom is 0.132 e. The van der Waals surface area contributed by atoms with Gasteiger partial charge in [0.15, 0.2) is 0 Å². The Morgan fingerprint density at radius 3 is 0.859 bits per heavy atom. The minimum absolute atomic E-state index is 0.0811. The fourth-order valence-electron chi connectivity index (χ4n) is 13.5. The topological polar surface area (TPSA) is 80.9 Å². The van der Waals surface area contributed by atoms with Crippen LogP contribution in [0.1, 0.15) is 22.3 Å². The van der Waals surface area contributed by atoms with Crippen molar-refractivity contribution in [1.29, 1.82) is 0 Å². The Morgan fingerprint density at radius 2 is 0.487 bits per heavy atom. The first-order chi connectivity index (χ1) is 38.3. The van der Waals surface area contributed by atoms with Crippen LogP contribution in [0.25, 0.3) is 141 Å². The number of phenolic OH excluding ortho intramolecular Hbond substituents is 4. The molecule has 366 valence electrons. The normalized spacial score (nSPS) is 12.2. The molecule has 0 fully saturated rings. The van der Waals surface area contributed by atoms with Gasteiger partial charge in [-0.1, -0.05) is 206 Å². The Kier molecular flexibility index (Phi) is 9.44. The fraction of sp³-hybridized carbons (Fsp3) is 0.0270. The summed E-state index contributed by atoms with van der Waals surface area (Å²) in [5, 5.41) is 73.4. The molecule has 0 spiro atoms. The molecule has 0 atom stereocenters. The number of hydrogen-bond donors (Lipinski definition) is 4. The summed E-state index contributed by atoms with van der Waals surface area (Å²) in [5.74, 6) is 0.00131. The molecule has 0 aliphatic carbocycles. The maximum atomic E-state index is 13.3. The summed E-state index contributed by atoms with van der Waals surface area (Å²) in [7, 11) is 0. The van der Waals surface area contributed by atoms with Crippen LogP contribution in [-0.2, 0) is 12.8 Å². The Balaban J connectivity index is 0.904. The Morgan fingerprint density at radius 1 is 0.205 bits per heavy atom. The average molecular weight is 999 g/mol. The number of aromatic hydroxyl groups is 4. The minimum atomic E-state index is -0.0811. The molecule has 0 unspecified atom stereocenters. The first-order valence-electron chi connectivity index (χ1n) is 26.6. The highest BCUT2D eigenvalue weighted by atomic mass is 16.3. The third kappa shape index (κ3) is 6.41. The minimum Gasteiger partial charge on any atom is -0.507 e. The predicted octanol–water partition coefficient (Wildman–Crippen LogP) is 19.1. The summed E-state index contributed by atoms with van der Waals surface area (Å²) in [6, 6.07) is 79.0. The Labute approximate surface area is 447 Å². The van der Waals surface area contributed by atoms with Crippen molar-refractivity contribution in [2.45, 2.75) is 12.8 Å². The van der Waals surface area contributed by atoms with Crippen molar-refractivity contribution in [2.75, 3.05) is 0 Å². The zero-order valence-corrected chi connectivity index (χ0v) is 42.1. The van der Waals surface area contributed by atoms with Crippen molar-refractivity contribution in [3.8, 4) is 56.4 Å². The molecule has 0 saturated carbocycles. The Hall–Kier alpha value is -10.2. The van der Waals surface area contributed by atoms with Gasteiger partial charge in [0, 0.05) is 46.2 Å². The first kappa shape index (κ1) is 44.2. The van der Waals surface area contributed by atoms with E-state index in [1.807, 2.05) is 97.1 Å². The molecular formula is C74H46O4. The molecule has 0 aliphatic heterocycles. The van der Waals surface area contributed by atoms with E-state index in [0.29, 0.717) is 46.2 Å². The van der Waals surface area contributed by atoms with Crippen molar-refractivity contribution >= 4 is 108 Å². The molecule has 0 amide bonds. The van der Waals surface area contributed by atoms with E-state index in [1.54, 1.807) is 0 Å². The van der Waals surface area contributed by atoms with Crippen molar-refractivity contribution in [3.05, 3.63) is 253 Å². The lowest BCUT2D eigenvalue weighted by Gasteiger charge is -2.22. The molecule has 0 aromatic heterocycles. The molecule has 78 heavy (non-hydrogen) atoms. The van der Waals surface area contributed by atoms with Crippen LogP contribution < -0.4 is 0 Å². The second kappa shape index (κ2) is 16.7.